The van der Waals surface area contributed by atoms with E-state index < -0.39 is 0 Å². The number of halogens is 1. The summed E-state index contributed by atoms with van der Waals surface area (Å²) in [6.45, 7) is 6.78. The maximum absolute atomic E-state index is 12.2. The van der Waals surface area contributed by atoms with Gasteiger partial charge in [0.25, 0.3) is 0 Å². The molecule has 0 saturated carbocycles. The highest BCUT2D eigenvalue weighted by Crippen LogP contribution is 2.28. The van der Waals surface area contributed by atoms with Crippen LogP contribution < -0.4 is 0 Å². The molecule has 0 amide bonds. The number of rotatable bonds is 4. The molecule has 2 rings (SSSR count). The molecule has 3 nitrogen and oxygen atoms in total. The van der Waals surface area contributed by atoms with Crippen molar-refractivity contribution in [1.29, 1.82) is 0 Å². The Bertz CT molecular complexity index is 566. The van der Waals surface area contributed by atoms with Crippen molar-refractivity contribution in [1.82, 2.24) is 9.78 Å². The third kappa shape index (κ3) is 2.72. The highest BCUT2D eigenvalue weighted by Gasteiger charge is 2.14. The molecule has 2 heterocycles. The lowest BCUT2D eigenvalue weighted by atomic mass is 10.1. The average molecular weight is 327 g/mol. The highest BCUT2D eigenvalue weighted by atomic mass is 79.9. The van der Waals surface area contributed by atoms with E-state index in [1.165, 1.54) is 11.3 Å². The molecule has 5 heteroatoms. The lowest BCUT2D eigenvalue weighted by molar-refractivity contribution is 0.0994. The van der Waals surface area contributed by atoms with Crippen molar-refractivity contribution in [2.24, 2.45) is 0 Å². The van der Waals surface area contributed by atoms with E-state index in [4.69, 9.17) is 0 Å². The number of aryl methyl sites for hydroxylation is 3. The van der Waals surface area contributed by atoms with Gasteiger partial charge in [-0.25, -0.2) is 0 Å². The number of carbonyl (C=O) groups is 1. The maximum Gasteiger partial charge on any atom is 0.178 e. The number of aromatic nitrogens is 2. The van der Waals surface area contributed by atoms with Gasteiger partial charge in [-0.2, -0.15) is 5.10 Å². The number of hydrogen-bond donors (Lipinski definition) is 0. The van der Waals surface area contributed by atoms with Gasteiger partial charge < -0.3 is 0 Å². The first kappa shape index (κ1) is 13.5. The van der Waals surface area contributed by atoms with Crippen molar-refractivity contribution in [2.75, 3.05) is 0 Å². The van der Waals surface area contributed by atoms with Crippen molar-refractivity contribution in [3.05, 3.63) is 37.7 Å². The van der Waals surface area contributed by atoms with Crippen molar-refractivity contribution in [2.45, 2.75) is 33.7 Å². The second-order valence-electron chi connectivity index (χ2n) is 4.26. The Balaban J connectivity index is 2.20. The molecule has 0 fully saturated rings. The molecule has 0 spiro atoms. The zero-order valence-electron chi connectivity index (χ0n) is 10.7. The van der Waals surface area contributed by atoms with Crippen LogP contribution in [0.1, 0.15) is 33.5 Å². The van der Waals surface area contributed by atoms with Gasteiger partial charge in [0, 0.05) is 12.2 Å². The molecule has 0 atom stereocenters. The SMILES string of the molecule is CCn1nc(C)cc1CC(=O)c1cc(C)c(Br)s1. The van der Waals surface area contributed by atoms with E-state index in [2.05, 4.69) is 21.0 Å². The van der Waals surface area contributed by atoms with E-state index in [9.17, 15) is 4.79 Å². The summed E-state index contributed by atoms with van der Waals surface area (Å²) in [6.07, 6.45) is 0.418. The van der Waals surface area contributed by atoms with Crippen LogP contribution >= 0.6 is 27.3 Å². The van der Waals surface area contributed by atoms with Gasteiger partial charge in [0.1, 0.15) is 0 Å². The predicted octanol–water partition coefficient (Wildman–Crippen LogP) is 3.77. The molecule has 0 bridgehead atoms. The Morgan fingerprint density at radius 3 is 2.72 bits per heavy atom. The maximum atomic E-state index is 12.2. The first-order valence-corrected chi connectivity index (χ1v) is 7.44. The minimum absolute atomic E-state index is 0.156. The van der Waals surface area contributed by atoms with Crippen LogP contribution in [-0.2, 0) is 13.0 Å². The number of Topliss-reactive ketones (excluding diaryl/α,β-unsaturated/α-hetero) is 1. The summed E-state index contributed by atoms with van der Waals surface area (Å²) in [7, 11) is 0. The van der Waals surface area contributed by atoms with Crippen LogP contribution in [0, 0.1) is 13.8 Å². The molecule has 0 aliphatic carbocycles. The predicted molar refractivity (Wildman–Crippen MR) is 77.4 cm³/mol. The molecule has 2 aromatic heterocycles. The van der Waals surface area contributed by atoms with Gasteiger partial charge in [0.05, 0.1) is 20.8 Å². The van der Waals surface area contributed by atoms with E-state index >= 15 is 0 Å². The molecule has 2 aromatic rings. The number of thiophene rings is 1. The third-order valence-electron chi connectivity index (χ3n) is 2.76. The minimum Gasteiger partial charge on any atom is -0.293 e. The normalized spacial score (nSPS) is 10.9. The van der Waals surface area contributed by atoms with Gasteiger partial charge in [-0.3, -0.25) is 9.48 Å². The van der Waals surface area contributed by atoms with Crippen molar-refractivity contribution >= 4 is 33.0 Å². The monoisotopic (exact) mass is 326 g/mol. The summed E-state index contributed by atoms with van der Waals surface area (Å²) in [6, 6.07) is 3.92. The quantitative estimate of drug-likeness (QED) is 0.801. The Kier molecular flexibility index (Phi) is 4.02. The van der Waals surface area contributed by atoms with Gasteiger partial charge >= 0.3 is 0 Å². The highest BCUT2D eigenvalue weighted by molar-refractivity contribution is 9.11. The van der Waals surface area contributed by atoms with Gasteiger partial charge in [0.2, 0.25) is 0 Å². The molecule has 0 unspecified atom stereocenters. The lowest BCUT2D eigenvalue weighted by Crippen LogP contribution is -2.08. The topological polar surface area (TPSA) is 34.9 Å². The van der Waals surface area contributed by atoms with Crippen molar-refractivity contribution in [3.8, 4) is 0 Å². The van der Waals surface area contributed by atoms with Crippen LogP contribution in [0.15, 0.2) is 15.9 Å². The summed E-state index contributed by atoms with van der Waals surface area (Å²) in [5, 5.41) is 4.36. The average Bonchev–Trinajstić information content (AvgIpc) is 2.83. The fourth-order valence-corrected chi connectivity index (χ4v) is 3.34. The standard InChI is InChI=1S/C13H15BrN2OS/c1-4-16-10(6-9(3)15-16)7-11(17)12-5-8(2)13(14)18-12/h5-6H,4,7H2,1-3H3. The second-order valence-corrected chi connectivity index (χ2v) is 6.63. The molecule has 0 aliphatic heterocycles. The number of nitrogens with zero attached hydrogens (tertiary/aromatic N) is 2. The van der Waals surface area contributed by atoms with Crippen LogP contribution in [-0.4, -0.2) is 15.6 Å². The zero-order chi connectivity index (χ0) is 13.3. The first-order valence-electron chi connectivity index (χ1n) is 5.83. The summed E-state index contributed by atoms with van der Waals surface area (Å²) in [5.41, 5.74) is 3.06. The first-order chi connectivity index (χ1) is 8.51. The number of hydrogen-bond acceptors (Lipinski definition) is 3. The second kappa shape index (κ2) is 5.36. The van der Waals surface area contributed by atoms with E-state index in [0.29, 0.717) is 6.42 Å². The van der Waals surface area contributed by atoms with Crippen molar-refractivity contribution in [3.63, 3.8) is 0 Å². The van der Waals surface area contributed by atoms with Crippen LogP contribution in [0.2, 0.25) is 0 Å². The van der Waals surface area contributed by atoms with Gasteiger partial charge in [-0.15, -0.1) is 11.3 Å². The fraction of sp³-hybridized carbons (Fsp3) is 0.385. The van der Waals surface area contributed by atoms with Gasteiger partial charge in [0.15, 0.2) is 5.78 Å². The van der Waals surface area contributed by atoms with Crippen LogP contribution in [0.25, 0.3) is 0 Å². The van der Waals surface area contributed by atoms with E-state index in [1.807, 2.05) is 37.6 Å². The fourth-order valence-electron chi connectivity index (χ4n) is 1.86. The Morgan fingerprint density at radius 1 is 1.44 bits per heavy atom. The largest absolute Gasteiger partial charge is 0.293 e. The van der Waals surface area contributed by atoms with Gasteiger partial charge in [-0.05, 0) is 54.4 Å². The molecule has 0 aliphatic rings. The van der Waals surface area contributed by atoms with E-state index in [1.54, 1.807) is 0 Å². The molecule has 0 aromatic carbocycles. The van der Waals surface area contributed by atoms with E-state index in [-0.39, 0.29) is 5.78 Å². The number of carbonyl (C=O) groups excluding carboxylic acids is 1. The summed E-state index contributed by atoms with van der Waals surface area (Å²) in [4.78, 5) is 13.0. The van der Waals surface area contributed by atoms with Crippen LogP contribution in [0.4, 0.5) is 0 Å². The molecule has 0 N–H and O–H groups in total. The smallest absolute Gasteiger partial charge is 0.178 e. The van der Waals surface area contributed by atoms with E-state index in [0.717, 1.165) is 32.2 Å². The van der Waals surface area contributed by atoms with Gasteiger partial charge in [-0.1, -0.05) is 0 Å². The third-order valence-corrected chi connectivity index (χ3v) is 4.94. The lowest BCUT2D eigenvalue weighted by Gasteiger charge is -2.02. The Hall–Kier alpha value is -0.940. The summed E-state index contributed by atoms with van der Waals surface area (Å²) in [5.74, 6) is 0.156. The van der Waals surface area contributed by atoms with Crippen LogP contribution in [0.5, 0.6) is 0 Å². The van der Waals surface area contributed by atoms with Crippen molar-refractivity contribution < 1.29 is 4.79 Å². The Morgan fingerprint density at radius 2 is 2.17 bits per heavy atom. The van der Waals surface area contributed by atoms with Crippen LogP contribution in [0.3, 0.4) is 0 Å². The summed E-state index contributed by atoms with van der Waals surface area (Å²) >= 11 is 4.95. The minimum atomic E-state index is 0.156. The number of ketones is 1. The molecule has 0 saturated heterocycles. The summed E-state index contributed by atoms with van der Waals surface area (Å²) < 4.78 is 2.92. The molecular weight excluding hydrogens is 312 g/mol. The zero-order valence-corrected chi connectivity index (χ0v) is 13.1. The molecule has 18 heavy (non-hydrogen) atoms. The Labute approximate surface area is 119 Å². The molecule has 0 radical (unpaired) electrons. The molecule has 96 valence electrons. The molecular formula is C13H15BrN2OS.